The Kier molecular flexibility index (Phi) is 2.98. The van der Waals surface area contributed by atoms with Crippen molar-refractivity contribution in [1.29, 1.82) is 0 Å². The number of rotatable bonds is 1. The van der Waals surface area contributed by atoms with E-state index in [-0.39, 0.29) is 0 Å². The number of halogens is 1. The minimum atomic E-state index is 0.372. The Morgan fingerprint density at radius 1 is 1.29 bits per heavy atom. The van der Waals surface area contributed by atoms with E-state index in [1.807, 2.05) is 0 Å². The molecule has 0 N–H and O–H groups in total. The summed E-state index contributed by atoms with van der Waals surface area (Å²) in [5.41, 5.74) is 2.68. The van der Waals surface area contributed by atoms with Gasteiger partial charge < -0.3 is 0 Å². The Morgan fingerprint density at radius 2 is 1.93 bits per heavy atom. The lowest BCUT2D eigenvalue weighted by atomic mass is 10.1. The summed E-state index contributed by atoms with van der Waals surface area (Å²) in [4.78, 5) is 4.47. The number of hydrogen-bond acceptors (Lipinski definition) is 2. The lowest BCUT2D eigenvalue weighted by Gasteiger charge is -2.13. The van der Waals surface area contributed by atoms with Crippen LogP contribution in [0.3, 0.4) is 0 Å². The average Bonchev–Trinajstić information content (AvgIpc) is 2.47. The average molecular weight is 270 g/mol. The van der Waals surface area contributed by atoms with Crippen LogP contribution in [0.15, 0.2) is 29.3 Å². The first kappa shape index (κ1) is 10.2. The smallest absolute Gasteiger partial charge is 0.135 e. The zero-order valence-electron chi connectivity index (χ0n) is 8.20. The summed E-state index contributed by atoms with van der Waals surface area (Å²) in [5, 5.41) is 0.477. The SMILES string of the molecule is Cc1ccc(C2SC(Br)=N[C@@H]2C)cc1. The van der Waals surface area contributed by atoms with Crippen LogP contribution in [-0.2, 0) is 0 Å². The van der Waals surface area contributed by atoms with Crippen LogP contribution < -0.4 is 0 Å². The van der Waals surface area contributed by atoms with Gasteiger partial charge in [0.05, 0.1) is 11.3 Å². The van der Waals surface area contributed by atoms with Crippen LogP contribution in [0.2, 0.25) is 0 Å². The molecule has 0 aliphatic carbocycles. The first-order valence-electron chi connectivity index (χ1n) is 4.63. The third kappa shape index (κ3) is 2.04. The van der Waals surface area contributed by atoms with Gasteiger partial charge in [-0.3, -0.25) is 4.99 Å². The molecule has 0 bridgehead atoms. The molecule has 1 nitrogen and oxygen atoms in total. The molecule has 74 valence electrons. The fourth-order valence-electron chi connectivity index (χ4n) is 1.56. The van der Waals surface area contributed by atoms with Crippen molar-refractivity contribution in [1.82, 2.24) is 0 Å². The predicted octanol–water partition coefficient (Wildman–Crippen LogP) is 3.92. The van der Waals surface area contributed by atoms with Crippen LogP contribution in [0.1, 0.15) is 23.3 Å². The number of aliphatic imine (C=N–C) groups is 1. The molecule has 2 atom stereocenters. The first-order chi connectivity index (χ1) is 6.66. The minimum absolute atomic E-state index is 0.372. The van der Waals surface area contributed by atoms with Crippen molar-refractivity contribution in [2.75, 3.05) is 0 Å². The van der Waals surface area contributed by atoms with E-state index in [9.17, 15) is 0 Å². The molecule has 3 heteroatoms. The van der Waals surface area contributed by atoms with Crippen molar-refractivity contribution in [3.05, 3.63) is 35.4 Å². The molecule has 14 heavy (non-hydrogen) atoms. The highest BCUT2D eigenvalue weighted by atomic mass is 79.9. The van der Waals surface area contributed by atoms with Gasteiger partial charge in [0.2, 0.25) is 0 Å². The molecule has 1 unspecified atom stereocenters. The second kappa shape index (κ2) is 4.07. The van der Waals surface area contributed by atoms with Gasteiger partial charge in [-0.2, -0.15) is 0 Å². The molecular formula is C11H12BrNS. The summed E-state index contributed by atoms with van der Waals surface area (Å²) in [6.07, 6.45) is 0. The Balaban J connectivity index is 2.21. The summed E-state index contributed by atoms with van der Waals surface area (Å²) in [6, 6.07) is 9.09. The molecule has 0 fully saturated rings. The molecule has 1 aliphatic rings. The van der Waals surface area contributed by atoms with Crippen molar-refractivity contribution in [2.45, 2.75) is 25.1 Å². The van der Waals surface area contributed by atoms with Crippen LogP contribution in [0.4, 0.5) is 0 Å². The van der Waals surface area contributed by atoms with Gasteiger partial charge in [-0.15, -0.1) is 0 Å². The predicted molar refractivity (Wildman–Crippen MR) is 67.3 cm³/mol. The zero-order valence-corrected chi connectivity index (χ0v) is 10.6. The summed E-state index contributed by atoms with van der Waals surface area (Å²) >= 11 is 5.24. The lowest BCUT2D eigenvalue weighted by Crippen LogP contribution is -2.04. The number of thioether (sulfide) groups is 1. The monoisotopic (exact) mass is 269 g/mol. The Labute approximate surface area is 97.1 Å². The highest BCUT2D eigenvalue weighted by molar-refractivity contribution is 9.22. The van der Waals surface area contributed by atoms with Crippen molar-refractivity contribution >= 4 is 31.6 Å². The molecule has 0 saturated heterocycles. The van der Waals surface area contributed by atoms with Crippen molar-refractivity contribution in [3.8, 4) is 0 Å². The summed E-state index contributed by atoms with van der Waals surface area (Å²) in [7, 11) is 0. The van der Waals surface area contributed by atoms with E-state index >= 15 is 0 Å². The maximum atomic E-state index is 4.47. The fraction of sp³-hybridized carbons (Fsp3) is 0.364. The summed E-state index contributed by atoms with van der Waals surface area (Å²) in [5.74, 6) is 0. The Morgan fingerprint density at radius 3 is 2.43 bits per heavy atom. The second-order valence-corrected chi connectivity index (χ2v) is 5.98. The van der Waals surface area contributed by atoms with Gasteiger partial charge >= 0.3 is 0 Å². The molecular weight excluding hydrogens is 258 g/mol. The third-order valence-corrected chi connectivity index (χ3v) is 4.36. The van der Waals surface area contributed by atoms with Gasteiger partial charge in [0, 0.05) is 0 Å². The third-order valence-electron chi connectivity index (χ3n) is 2.37. The molecule has 0 spiro atoms. The van der Waals surface area contributed by atoms with Crippen LogP contribution in [0.5, 0.6) is 0 Å². The fourth-order valence-corrected chi connectivity index (χ4v) is 3.48. The molecule has 0 amide bonds. The van der Waals surface area contributed by atoms with E-state index in [1.165, 1.54) is 11.1 Å². The van der Waals surface area contributed by atoms with E-state index in [0.717, 1.165) is 3.95 Å². The van der Waals surface area contributed by atoms with Gasteiger partial charge in [0.15, 0.2) is 0 Å². The quantitative estimate of drug-likeness (QED) is 0.753. The number of benzene rings is 1. The topological polar surface area (TPSA) is 12.4 Å². The maximum Gasteiger partial charge on any atom is 0.135 e. The van der Waals surface area contributed by atoms with Gasteiger partial charge in [-0.25, -0.2) is 0 Å². The molecule has 0 aromatic heterocycles. The van der Waals surface area contributed by atoms with Crippen LogP contribution in [-0.4, -0.2) is 9.99 Å². The van der Waals surface area contributed by atoms with Crippen molar-refractivity contribution < 1.29 is 0 Å². The molecule has 1 aromatic carbocycles. The molecule has 2 rings (SSSR count). The van der Waals surface area contributed by atoms with E-state index in [2.05, 4.69) is 59.0 Å². The van der Waals surface area contributed by atoms with E-state index in [1.54, 1.807) is 11.8 Å². The van der Waals surface area contributed by atoms with E-state index in [0.29, 0.717) is 11.3 Å². The van der Waals surface area contributed by atoms with Gasteiger partial charge in [0.1, 0.15) is 3.95 Å². The highest BCUT2D eigenvalue weighted by Gasteiger charge is 2.26. The number of hydrogen-bond donors (Lipinski definition) is 0. The molecule has 1 aromatic rings. The number of aryl methyl sites for hydroxylation is 1. The Bertz CT molecular complexity index is 358. The number of nitrogens with zero attached hydrogens (tertiary/aromatic N) is 1. The zero-order chi connectivity index (χ0) is 10.1. The summed E-state index contributed by atoms with van der Waals surface area (Å²) in [6.45, 7) is 4.27. The molecule has 0 saturated carbocycles. The molecule has 1 heterocycles. The maximum absolute atomic E-state index is 4.47. The summed E-state index contributed by atoms with van der Waals surface area (Å²) < 4.78 is 1.02. The highest BCUT2D eigenvalue weighted by Crippen LogP contribution is 2.41. The van der Waals surface area contributed by atoms with Gasteiger partial charge in [-0.1, -0.05) is 41.6 Å². The Hall–Kier alpha value is -0.280. The normalized spacial score (nSPS) is 26.4. The van der Waals surface area contributed by atoms with Gasteiger partial charge in [0.25, 0.3) is 0 Å². The van der Waals surface area contributed by atoms with E-state index < -0.39 is 0 Å². The lowest BCUT2D eigenvalue weighted by molar-refractivity contribution is 0.741. The van der Waals surface area contributed by atoms with Crippen molar-refractivity contribution in [2.24, 2.45) is 4.99 Å². The first-order valence-corrected chi connectivity index (χ1v) is 6.30. The molecule has 1 aliphatic heterocycles. The molecule has 0 radical (unpaired) electrons. The van der Waals surface area contributed by atoms with Crippen LogP contribution in [0.25, 0.3) is 0 Å². The standard InChI is InChI=1S/C11H12BrNS/c1-7-3-5-9(6-4-7)10-8(2)13-11(12)14-10/h3-6,8,10H,1-2H3/t8-,10?/m1/s1. The second-order valence-electron chi connectivity index (χ2n) is 3.57. The van der Waals surface area contributed by atoms with Crippen LogP contribution >= 0.6 is 27.7 Å². The van der Waals surface area contributed by atoms with Gasteiger partial charge in [-0.05, 0) is 35.3 Å². The van der Waals surface area contributed by atoms with Crippen molar-refractivity contribution in [3.63, 3.8) is 0 Å². The van der Waals surface area contributed by atoms with Crippen LogP contribution in [0, 0.1) is 6.92 Å². The van der Waals surface area contributed by atoms with E-state index in [4.69, 9.17) is 0 Å². The largest absolute Gasteiger partial charge is 0.267 e. The minimum Gasteiger partial charge on any atom is -0.267 e.